The van der Waals surface area contributed by atoms with Crippen LogP contribution in [0.5, 0.6) is 0 Å². The van der Waals surface area contributed by atoms with E-state index in [4.69, 9.17) is 4.98 Å². The van der Waals surface area contributed by atoms with Crippen molar-refractivity contribution in [1.29, 1.82) is 0 Å². The first-order valence-electron chi connectivity index (χ1n) is 9.54. The molecule has 0 bridgehead atoms. The average molecular weight is 364 g/mol. The third-order valence-corrected chi connectivity index (χ3v) is 5.55. The third-order valence-electron chi connectivity index (χ3n) is 5.55. The Labute approximate surface area is 163 Å². The summed E-state index contributed by atoms with van der Waals surface area (Å²) in [6, 6.07) is 12.9. The second-order valence-electron chi connectivity index (χ2n) is 7.20. The maximum absolute atomic E-state index is 4.69. The lowest BCUT2D eigenvalue weighted by molar-refractivity contribution is 0.974. The van der Waals surface area contributed by atoms with Gasteiger partial charge in [-0.05, 0) is 59.7 Å². The van der Waals surface area contributed by atoms with E-state index < -0.39 is 0 Å². The van der Waals surface area contributed by atoms with Crippen LogP contribution in [0, 0.1) is 13.8 Å². The number of aryl methyl sites for hydroxylation is 4. The summed E-state index contributed by atoms with van der Waals surface area (Å²) in [5, 5.41) is 2.51. The Morgan fingerprint density at radius 2 is 1.25 bits per heavy atom. The lowest BCUT2D eigenvalue weighted by atomic mass is 9.93. The summed E-state index contributed by atoms with van der Waals surface area (Å²) in [6.45, 7) is 4.21. The molecular formula is C24H20N4. The second-order valence-corrected chi connectivity index (χ2v) is 7.20. The van der Waals surface area contributed by atoms with E-state index in [1.54, 1.807) is 24.8 Å². The van der Waals surface area contributed by atoms with Gasteiger partial charge < -0.3 is 0 Å². The average Bonchev–Trinajstić information content (AvgIpc) is 2.75. The predicted octanol–water partition coefficient (Wildman–Crippen LogP) is 5.13. The minimum Gasteiger partial charge on any atom is -0.253 e. The Morgan fingerprint density at radius 3 is 2.04 bits per heavy atom. The van der Waals surface area contributed by atoms with E-state index in [1.807, 2.05) is 0 Å². The van der Waals surface area contributed by atoms with Gasteiger partial charge in [0.05, 0.1) is 22.1 Å². The van der Waals surface area contributed by atoms with Gasteiger partial charge in [0.2, 0.25) is 0 Å². The molecule has 0 N–H and O–H groups in total. The van der Waals surface area contributed by atoms with Crippen molar-refractivity contribution in [2.24, 2.45) is 0 Å². The Hall–Kier alpha value is -3.40. The molecule has 2 heterocycles. The molecule has 4 nitrogen and oxygen atoms in total. The molecule has 2 aromatic heterocycles. The van der Waals surface area contributed by atoms with Crippen LogP contribution in [0.25, 0.3) is 32.8 Å². The summed E-state index contributed by atoms with van der Waals surface area (Å²) in [6.07, 6.45) is 8.85. The lowest BCUT2D eigenvalue weighted by Gasteiger charge is -2.14. The van der Waals surface area contributed by atoms with Gasteiger partial charge in [0.25, 0.3) is 0 Å². The zero-order valence-corrected chi connectivity index (χ0v) is 16.0. The van der Waals surface area contributed by atoms with Crippen molar-refractivity contribution in [3.05, 3.63) is 83.4 Å². The quantitative estimate of drug-likeness (QED) is 0.417. The van der Waals surface area contributed by atoms with Crippen molar-refractivity contribution in [2.75, 3.05) is 0 Å². The van der Waals surface area contributed by atoms with E-state index >= 15 is 0 Å². The first kappa shape index (κ1) is 16.8. The minimum atomic E-state index is 0.880. The van der Waals surface area contributed by atoms with Crippen molar-refractivity contribution in [2.45, 2.75) is 26.7 Å². The molecule has 3 aromatic carbocycles. The number of hydrogen-bond acceptors (Lipinski definition) is 4. The zero-order valence-electron chi connectivity index (χ0n) is 16.0. The molecule has 136 valence electrons. The molecule has 0 fully saturated rings. The van der Waals surface area contributed by atoms with Gasteiger partial charge in [-0.25, -0.2) is 0 Å². The van der Waals surface area contributed by atoms with Gasteiger partial charge in [-0.2, -0.15) is 0 Å². The number of benzene rings is 3. The van der Waals surface area contributed by atoms with Gasteiger partial charge in [-0.15, -0.1) is 0 Å². The molecule has 0 saturated carbocycles. The molecule has 0 atom stereocenters. The molecule has 4 heteroatoms. The summed E-state index contributed by atoms with van der Waals surface area (Å²) < 4.78 is 0. The molecule has 0 saturated heterocycles. The van der Waals surface area contributed by atoms with Crippen LogP contribution in [0.15, 0.2) is 61.2 Å². The van der Waals surface area contributed by atoms with Crippen LogP contribution >= 0.6 is 0 Å². The summed E-state index contributed by atoms with van der Waals surface area (Å²) in [7, 11) is 0. The van der Waals surface area contributed by atoms with E-state index in [-0.39, 0.29) is 0 Å². The third kappa shape index (κ3) is 2.61. The molecule has 0 spiro atoms. The molecule has 5 aromatic rings. The molecule has 5 rings (SSSR count). The van der Waals surface area contributed by atoms with E-state index in [0.717, 1.165) is 40.5 Å². The standard InChI is InChI=1S/C24H20N4/c1-15-7-8-17(23-21(15)25-11-13-27-23)9-10-20-19-6-4-3-5-18(19)16(2)22-24(20)28-14-12-26-22/h3-8,11-14H,9-10H2,1-2H3. The molecule has 0 radical (unpaired) electrons. The van der Waals surface area contributed by atoms with Crippen LogP contribution in [0.1, 0.15) is 22.3 Å². The molecule has 0 aliphatic rings. The summed E-state index contributed by atoms with van der Waals surface area (Å²) in [5.74, 6) is 0. The van der Waals surface area contributed by atoms with Crippen LogP contribution in [0.3, 0.4) is 0 Å². The maximum Gasteiger partial charge on any atom is 0.0927 e. The van der Waals surface area contributed by atoms with Crippen molar-refractivity contribution < 1.29 is 0 Å². The number of aromatic nitrogens is 4. The Kier molecular flexibility index (Phi) is 3.97. The maximum atomic E-state index is 4.69. The number of rotatable bonds is 3. The lowest BCUT2D eigenvalue weighted by Crippen LogP contribution is -2.00. The highest BCUT2D eigenvalue weighted by Gasteiger charge is 2.14. The van der Waals surface area contributed by atoms with Gasteiger partial charge in [-0.1, -0.05) is 36.4 Å². The van der Waals surface area contributed by atoms with Crippen molar-refractivity contribution >= 4 is 32.8 Å². The summed E-state index contributed by atoms with van der Waals surface area (Å²) in [4.78, 5) is 18.4. The van der Waals surface area contributed by atoms with E-state index in [1.165, 1.54) is 27.5 Å². The van der Waals surface area contributed by atoms with Crippen molar-refractivity contribution in [1.82, 2.24) is 19.9 Å². The Balaban J connectivity index is 1.67. The smallest absolute Gasteiger partial charge is 0.0927 e. The highest BCUT2D eigenvalue weighted by molar-refractivity contribution is 6.02. The fourth-order valence-electron chi connectivity index (χ4n) is 4.12. The highest BCUT2D eigenvalue weighted by atomic mass is 14.8. The summed E-state index contributed by atoms with van der Waals surface area (Å²) in [5.41, 5.74) is 8.79. The highest BCUT2D eigenvalue weighted by Crippen LogP contribution is 2.31. The monoisotopic (exact) mass is 364 g/mol. The summed E-state index contributed by atoms with van der Waals surface area (Å²) >= 11 is 0. The predicted molar refractivity (Wildman–Crippen MR) is 113 cm³/mol. The van der Waals surface area contributed by atoms with Gasteiger partial charge in [0.15, 0.2) is 0 Å². The molecular weight excluding hydrogens is 344 g/mol. The Morgan fingerprint density at radius 1 is 0.607 bits per heavy atom. The van der Waals surface area contributed by atoms with Gasteiger partial charge in [0, 0.05) is 24.8 Å². The number of fused-ring (bicyclic) bond motifs is 3. The van der Waals surface area contributed by atoms with Crippen molar-refractivity contribution in [3.63, 3.8) is 0 Å². The van der Waals surface area contributed by atoms with E-state index in [2.05, 4.69) is 65.2 Å². The SMILES string of the molecule is Cc1ccc(CCc2c3ccccc3c(C)c3nccnc23)c2nccnc12. The minimum absolute atomic E-state index is 0.880. The topological polar surface area (TPSA) is 51.6 Å². The van der Waals surface area contributed by atoms with Crippen LogP contribution < -0.4 is 0 Å². The Bertz CT molecular complexity index is 1280. The molecule has 0 amide bonds. The molecule has 0 unspecified atom stereocenters. The molecule has 28 heavy (non-hydrogen) atoms. The van der Waals surface area contributed by atoms with Gasteiger partial charge in [0.1, 0.15) is 0 Å². The van der Waals surface area contributed by atoms with E-state index in [9.17, 15) is 0 Å². The van der Waals surface area contributed by atoms with Crippen LogP contribution in [0.4, 0.5) is 0 Å². The van der Waals surface area contributed by atoms with Crippen LogP contribution in [0.2, 0.25) is 0 Å². The van der Waals surface area contributed by atoms with Gasteiger partial charge >= 0.3 is 0 Å². The number of hydrogen-bond donors (Lipinski definition) is 0. The second kappa shape index (κ2) is 6.64. The van der Waals surface area contributed by atoms with Crippen LogP contribution in [-0.2, 0) is 12.8 Å². The molecule has 0 aliphatic heterocycles. The first-order chi connectivity index (χ1) is 13.7. The zero-order chi connectivity index (χ0) is 19.1. The van der Waals surface area contributed by atoms with E-state index in [0.29, 0.717) is 0 Å². The fraction of sp³-hybridized carbons (Fsp3) is 0.167. The van der Waals surface area contributed by atoms with Crippen molar-refractivity contribution in [3.8, 4) is 0 Å². The fourth-order valence-corrected chi connectivity index (χ4v) is 4.12. The number of nitrogens with zero attached hydrogens (tertiary/aromatic N) is 4. The molecule has 0 aliphatic carbocycles. The largest absolute Gasteiger partial charge is 0.253 e. The van der Waals surface area contributed by atoms with Crippen LogP contribution in [-0.4, -0.2) is 19.9 Å². The normalized spacial score (nSPS) is 11.5. The first-order valence-corrected chi connectivity index (χ1v) is 9.54. The van der Waals surface area contributed by atoms with Gasteiger partial charge in [-0.3, -0.25) is 19.9 Å².